The van der Waals surface area contributed by atoms with Crippen molar-refractivity contribution < 1.29 is 9.47 Å². The second-order valence-corrected chi connectivity index (χ2v) is 6.24. The molecule has 2 aliphatic rings. The van der Waals surface area contributed by atoms with Gasteiger partial charge in [0.05, 0.1) is 12.2 Å². The van der Waals surface area contributed by atoms with Crippen LogP contribution in [0.5, 0.6) is 5.75 Å². The molecule has 0 bridgehead atoms. The topological polar surface area (TPSA) is 30.5 Å². The highest BCUT2D eigenvalue weighted by molar-refractivity contribution is 6.31. The molecule has 1 saturated carbocycles. The highest BCUT2D eigenvalue weighted by Gasteiger charge is 2.24. The Bertz CT molecular complexity index is 462. The molecule has 1 saturated heterocycles. The zero-order valence-electron chi connectivity index (χ0n) is 11.9. The average Bonchev–Trinajstić information content (AvgIpc) is 3.17. The van der Waals surface area contributed by atoms with Gasteiger partial charge in [0.1, 0.15) is 12.4 Å². The molecular weight excluding hydrogens is 274 g/mol. The molecule has 1 heterocycles. The molecule has 0 radical (unpaired) electrons. The van der Waals surface area contributed by atoms with Crippen molar-refractivity contribution in [3.63, 3.8) is 0 Å². The zero-order valence-corrected chi connectivity index (χ0v) is 12.7. The summed E-state index contributed by atoms with van der Waals surface area (Å²) in [7, 11) is 0. The monoisotopic (exact) mass is 295 g/mol. The van der Waals surface area contributed by atoms with Gasteiger partial charge in [-0.05, 0) is 44.7 Å². The van der Waals surface area contributed by atoms with Crippen LogP contribution in [0.4, 0.5) is 0 Å². The van der Waals surface area contributed by atoms with Crippen LogP contribution in [0.15, 0.2) is 18.2 Å². The van der Waals surface area contributed by atoms with E-state index in [1.54, 1.807) is 0 Å². The average molecular weight is 296 g/mol. The SMILES string of the molecule is CC1CCC(COc2cccc(Cl)c2CNC2CC2)O1. The lowest BCUT2D eigenvalue weighted by molar-refractivity contribution is 0.0262. The number of hydrogen-bond donors (Lipinski definition) is 1. The second-order valence-electron chi connectivity index (χ2n) is 5.83. The van der Waals surface area contributed by atoms with Gasteiger partial charge in [0.25, 0.3) is 0 Å². The summed E-state index contributed by atoms with van der Waals surface area (Å²) in [5.74, 6) is 0.883. The van der Waals surface area contributed by atoms with Gasteiger partial charge in [0.15, 0.2) is 0 Å². The van der Waals surface area contributed by atoms with Crippen molar-refractivity contribution in [2.75, 3.05) is 6.61 Å². The highest BCUT2D eigenvalue weighted by atomic mass is 35.5. The van der Waals surface area contributed by atoms with Gasteiger partial charge in [-0.15, -0.1) is 0 Å². The molecule has 110 valence electrons. The number of halogens is 1. The van der Waals surface area contributed by atoms with Crippen molar-refractivity contribution in [2.24, 2.45) is 0 Å². The largest absolute Gasteiger partial charge is 0.490 e. The third-order valence-corrected chi connectivity index (χ3v) is 4.32. The molecule has 0 aromatic heterocycles. The van der Waals surface area contributed by atoms with Crippen LogP contribution < -0.4 is 10.1 Å². The minimum Gasteiger partial charge on any atom is -0.490 e. The number of nitrogens with one attached hydrogen (secondary N) is 1. The minimum absolute atomic E-state index is 0.216. The Morgan fingerprint density at radius 1 is 1.30 bits per heavy atom. The first-order valence-corrected chi connectivity index (χ1v) is 7.89. The first-order valence-electron chi connectivity index (χ1n) is 7.51. The van der Waals surface area contributed by atoms with Crippen LogP contribution in [0.2, 0.25) is 5.02 Å². The molecule has 1 aromatic rings. The summed E-state index contributed by atoms with van der Waals surface area (Å²) in [4.78, 5) is 0. The van der Waals surface area contributed by atoms with Crippen molar-refractivity contribution in [3.8, 4) is 5.75 Å². The Balaban J connectivity index is 1.60. The molecule has 20 heavy (non-hydrogen) atoms. The maximum Gasteiger partial charge on any atom is 0.125 e. The quantitative estimate of drug-likeness (QED) is 0.871. The van der Waals surface area contributed by atoms with E-state index in [2.05, 4.69) is 12.2 Å². The van der Waals surface area contributed by atoms with E-state index in [-0.39, 0.29) is 6.10 Å². The molecular formula is C16H22ClNO2. The lowest BCUT2D eigenvalue weighted by Gasteiger charge is -2.16. The smallest absolute Gasteiger partial charge is 0.125 e. The van der Waals surface area contributed by atoms with Crippen molar-refractivity contribution in [1.29, 1.82) is 0 Å². The molecule has 4 heteroatoms. The van der Waals surface area contributed by atoms with Gasteiger partial charge in [-0.25, -0.2) is 0 Å². The number of benzene rings is 1. The summed E-state index contributed by atoms with van der Waals surface area (Å²) < 4.78 is 11.7. The maximum absolute atomic E-state index is 6.30. The standard InChI is InChI=1S/C16H22ClNO2/c1-11-5-8-13(20-11)10-19-16-4-2-3-15(17)14(16)9-18-12-6-7-12/h2-4,11-13,18H,5-10H2,1H3. The van der Waals surface area contributed by atoms with Gasteiger partial charge in [0.2, 0.25) is 0 Å². The van der Waals surface area contributed by atoms with E-state index in [9.17, 15) is 0 Å². The number of ether oxygens (including phenoxy) is 2. The summed E-state index contributed by atoms with van der Waals surface area (Å²) in [6.45, 7) is 3.51. The van der Waals surface area contributed by atoms with Crippen LogP contribution in [0, 0.1) is 0 Å². The van der Waals surface area contributed by atoms with Crippen LogP contribution >= 0.6 is 11.6 Å². The summed E-state index contributed by atoms with van der Waals surface area (Å²) in [5, 5.41) is 4.27. The summed E-state index contributed by atoms with van der Waals surface area (Å²) >= 11 is 6.30. The predicted octanol–water partition coefficient (Wildman–Crippen LogP) is 3.54. The molecule has 1 N–H and O–H groups in total. The summed E-state index contributed by atoms with van der Waals surface area (Å²) in [6, 6.07) is 6.52. The molecule has 2 atom stereocenters. The molecule has 2 fully saturated rings. The van der Waals surface area contributed by atoms with Gasteiger partial charge < -0.3 is 14.8 Å². The zero-order chi connectivity index (χ0) is 13.9. The molecule has 2 unspecified atom stereocenters. The van der Waals surface area contributed by atoms with Gasteiger partial charge in [-0.1, -0.05) is 17.7 Å². The minimum atomic E-state index is 0.216. The Kier molecular flexibility index (Phi) is 4.49. The predicted molar refractivity (Wildman–Crippen MR) is 80.4 cm³/mol. The first-order chi connectivity index (χ1) is 9.72. The molecule has 0 spiro atoms. The summed E-state index contributed by atoms with van der Waals surface area (Å²) in [5.41, 5.74) is 1.06. The van der Waals surface area contributed by atoms with Crippen LogP contribution in [0.1, 0.15) is 38.2 Å². The lowest BCUT2D eigenvalue weighted by atomic mass is 10.2. The van der Waals surface area contributed by atoms with Crippen LogP contribution in [0.3, 0.4) is 0 Å². The molecule has 1 aromatic carbocycles. The fourth-order valence-corrected chi connectivity index (χ4v) is 2.80. The molecule has 0 amide bonds. The van der Waals surface area contributed by atoms with Crippen LogP contribution in [-0.4, -0.2) is 24.9 Å². The van der Waals surface area contributed by atoms with E-state index in [0.29, 0.717) is 18.8 Å². The third-order valence-electron chi connectivity index (χ3n) is 3.97. The van der Waals surface area contributed by atoms with E-state index in [1.165, 1.54) is 12.8 Å². The Hall–Kier alpha value is -0.770. The summed E-state index contributed by atoms with van der Waals surface area (Å²) in [6.07, 6.45) is 5.33. The fourth-order valence-electron chi connectivity index (χ4n) is 2.57. The lowest BCUT2D eigenvalue weighted by Crippen LogP contribution is -2.20. The van der Waals surface area contributed by atoms with Crippen molar-refractivity contribution in [3.05, 3.63) is 28.8 Å². The maximum atomic E-state index is 6.30. The van der Waals surface area contributed by atoms with Crippen LogP contribution in [-0.2, 0) is 11.3 Å². The van der Waals surface area contributed by atoms with Gasteiger partial charge in [-0.2, -0.15) is 0 Å². The second kappa shape index (κ2) is 6.33. The van der Waals surface area contributed by atoms with Gasteiger partial charge >= 0.3 is 0 Å². The van der Waals surface area contributed by atoms with Gasteiger partial charge in [-0.3, -0.25) is 0 Å². The van der Waals surface area contributed by atoms with Crippen molar-refractivity contribution >= 4 is 11.6 Å². The molecule has 3 nitrogen and oxygen atoms in total. The molecule has 1 aliphatic heterocycles. The Morgan fingerprint density at radius 3 is 2.85 bits per heavy atom. The van der Waals surface area contributed by atoms with Crippen LogP contribution in [0.25, 0.3) is 0 Å². The van der Waals surface area contributed by atoms with E-state index < -0.39 is 0 Å². The normalized spacial score (nSPS) is 25.9. The highest BCUT2D eigenvalue weighted by Crippen LogP contribution is 2.29. The Labute approximate surface area is 125 Å². The van der Waals surface area contributed by atoms with Gasteiger partial charge in [0, 0.05) is 23.2 Å². The molecule has 1 aliphatic carbocycles. The molecule has 3 rings (SSSR count). The third kappa shape index (κ3) is 3.66. The van der Waals surface area contributed by atoms with E-state index in [4.69, 9.17) is 21.1 Å². The number of hydrogen-bond acceptors (Lipinski definition) is 3. The fraction of sp³-hybridized carbons (Fsp3) is 0.625. The van der Waals surface area contributed by atoms with E-state index >= 15 is 0 Å². The van der Waals surface area contributed by atoms with E-state index in [0.717, 1.165) is 35.7 Å². The first kappa shape index (κ1) is 14.2. The van der Waals surface area contributed by atoms with Crippen molar-refractivity contribution in [2.45, 2.75) is 57.4 Å². The Morgan fingerprint density at radius 2 is 2.15 bits per heavy atom. The van der Waals surface area contributed by atoms with E-state index in [1.807, 2.05) is 18.2 Å². The number of rotatable bonds is 6. The van der Waals surface area contributed by atoms with Crippen molar-refractivity contribution in [1.82, 2.24) is 5.32 Å².